The molecule has 8 nitrogen and oxygen atoms in total. The Labute approximate surface area is 200 Å². The van der Waals surface area contributed by atoms with Crippen LogP contribution in [0.4, 0.5) is 17.6 Å². The summed E-state index contributed by atoms with van der Waals surface area (Å²) in [5.41, 5.74) is 1.07. The van der Waals surface area contributed by atoms with Gasteiger partial charge in [-0.2, -0.15) is 9.97 Å². The first-order valence-corrected chi connectivity index (χ1v) is 12.4. The first-order valence-electron chi connectivity index (χ1n) is 12.0. The van der Waals surface area contributed by atoms with Gasteiger partial charge in [-0.15, -0.1) is 0 Å². The number of fused-ring (bicyclic) bond motifs is 1. The third-order valence-electron chi connectivity index (χ3n) is 6.52. The third-order valence-corrected chi connectivity index (χ3v) is 6.77. The van der Waals surface area contributed by atoms with Crippen molar-refractivity contribution in [3.63, 3.8) is 0 Å². The highest BCUT2D eigenvalue weighted by Gasteiger charge is 2.21. The lowest BCUT2D eigenvalue weighted by molar-refractivity contribution is 0.171. The topological polar surface area (TPSA) is 74.8 Å². The summed E-state index contributed by atoms with van der Waals surface area (Å²) in [6, 6.07) is 8.08. The minimum atomic E-state index is 0.502. The van der Waals surface area contributed by atoms with Gasteiger partial charge in [-0.05, 0) is 61.5 Å². The summed E-state index contributed by atoms with van der Waals surface area (Å²) >= 11 is 5.56. The molecule has 0 radical (unpaired) electrons. The molecular weight excluding hydrogens is 436 g/mol. The highest BCUT2D eigenvalue weighted by Crippen LogP contribution is 2.31. The van der Waals surface area contributed by atoms with Crippen LogP contribution in [0.1, 0.15) is 38.2 Å². The van der Waals surface area contributed by atoms with Crippen LogP contribution in [-0.2, 0) is 6.54 Å². The molecule has 0 bridgehead atoms. The maximum absolute atomic E-state index is 5.68. The first kappa shape index (κ1) is 22.0. The molecule has 3 aliphatic heterocycles. The van der Waals surface area contributed by atoms with Gasteiger partial charge in [0.1, 0.15) is 24.8 Å². The number of ether oxygens (including phenoxy) is 2. The number of nitrogens with one attached hydrogen (secondary N) is 2. The van der Waals surface area contributed by atoms with Gasteiger partial charge in [0.25, 0.3) is 0 Å². The number of nitrogens with zero attached hydrogens (tertiary/aromatic N) is 4. The number of hydrogen-bond acceptors (Lipinski definition) is 7. The van der Waals surface area contributed by atoms with Gasteiger partial charge in [-0.3, -0.25) is 0 Å². The molecule has 2 N–H and O–H groups in total. The van der Waals surface area contributed by atoms with Crippen LogP contribution in [-0.4, -0.2) is 54.5 Å². The van der Waals surface area contributed by atoms with E-state index in [0.717, 1.165) is 60.8 Å². The van der Waals surface area contributed by atoms with Crippen LogP contribution in [0, 0.1) is 5.92 Å². The molecule has 0 amide bonds. The van der Waals surface area contributed by atoms with Gasteiger partial charge in [0.05, 0.1) is 0 Å². The number of anilines is 3. The normalized spacial score (nSPS) is 18.3. The molecule has 1 aromatic carbocycles. The SMILES string of the molecule is CC1CCN(c2cc(N3CCCC3)nc(NC(=S)NCc3ccc4c(c3)OCCO4)n2)CC1. The molecule has 176 valence electrons. The van der Waals surface area contributed by atoms with Crippen molar-refractivity contribution in [2.24, 2.45) is 5.92 Å². The second kappa shape index (κ2) is 9.99. The summed E-state index contributed by atoms with van der Waals surface area (Å²) < 4.78 is 11.3. The minimum Gasteiger partial charge on any atom is -0.486 e. The van der Waals surface area contributed by atoms with Gasteiger partial charge < -0.3 is 29.9 Å². The first-order chi connectivity index (χ1) is 16.1. The molecule has 5 rings (SSSR count). The van der Waals surface area contributed by atoms with Crippen molar-refractivity contribution in [2.45, 2.75) is 39.2 Å². The number of rotatable bonds is 5. The quantitative estimate of drug-likeness (QED) is 0.641. The van der Waals surface area contributed by atoms with Crippen molar-refractivity contribution < 1.29 is 9.47 Å². The second-order valence-corrected chi connectivity index (χ2v) is 9.47. The van der Waals surface area contributed by atoms with Gasteiger partial charge >= 0.3 is 0 Å². The Kier molecular flexibility index (Phi) is 6.66. The molecular formula is C24H32N6O2S. The van der Waals surface area contributed by atoms with E-state index in [2.05, 4.69) is 33.4 Å². The highest BCUT2D eigenvalue weighted by molar-refractivity contribution is 7.80. The summed E-state index contributed by atoms with van der Waals surface area (Å²) in [5, 5.41) is 6.98. The fraction of sp³-hybridized carbons (Fsp3) is 0.542. The van der Waals surface area contributed by atoms with E-state index < -0.39 is 0 Å². The average Bonchev–Trinajstić information content (AvgIpc) is 3.38. The Balaban J connectivity index is 1.26. The Morgan fingerprint density at radius 3 is 2.36 bits per heavy atom. The van der Waals surface area contributed by atoms with Gasteiger partial charge in [0, 0.05) is 38.8 Å². The zero-order chi connectivity index (χ0) is 22.6. The summed E-state index contributed by atoms with van der Waals surface area (Å²) in [6.45, 7) is 8.21. The fourth-order valence-electron chi connectivity index (χ4n) is 4.51. The Hall–Kier alpha value is -2.81. The van der Waals surface area contributed by atoms with Crippen LogP contribution in [0.5, 0.6) is 11.5 Å². The van der Waals surface area contributed by atoms with E-state index >= 15 is 0 Å². The molecule has 2 aromatic rings. The fourth-order valence-corrected chi connectivity index (χ4v) is 4.68. The van der Waals surface area contributed by atoms with E-state index in [1.165, 1.54) is 25.7 Å². The van der Waals surface area contributed by atoms with E-state index in [9.17, 15) is 0 Å². The van der Waals surface area contributed by atoms with Crippen molar-refractivity contribution in [2.75, 3.05) is 54.5 Å². The number of benzene rings is 1. The van der Waals surface area contributed by atoms with Crippen LogP contribution in [0.15, 0.2) is 24.3 Å². The smallest absolute Gasteiger partial charge is 0.232 e. The molecule has 3 aliphatic rings. The molecule has 33 heavy (non-hydrogen) atoms. The molecule has 4 heterocycles. The van der Waals surface area contributed by atoms with E-state index in [1.807, 2.05) is 18.2 Å². The predicted octanol–water partition coefficient (Wildman–Crippen LogP) is 3.57. The van der Waals surface area contributed by atoms with Crippen LogP contribution in [0.3, 0.4) is 0 Å². The van der Waals surface area contributed by atoms with E-state index in [1.54, 1.807) is 0 Å². The maximum atomic E-state index is 5.68. The molecule has 1 aromatic heterocycles. The molecule has 9 heteroatoms. The largest absolute Gasteiger partial charge is 0.486 e. The molecule has 0 unspecified atom stereocenters. The molecule has 0 aliphatic carbocycles. The van der Waals surface area contributed by atoms with E-state index in [0.29, 0.717) is 30.8 Å². The van der Waals surface area contributed by atoms with Crippen LogP contribution < -0.4 is 29.9 Å². The lowest BCUT2D eigenvalue weighted by atomic mass is 9.99. The van der Waals surface area contributed by atoms with E-state index in [4.69, 9.17) is 31.7 Å². The van der Waals surface area contributed by atoms with Crippen molar-refractivity contribution in [1.82, 2.24) is 15.3 Å². The van der Waals surface area contributed by atoms with Crippen molar-refractivity contribution in [3.8, 4) is 11.5 Å². The standard InChI is InChI=1S/C24H32N6O2S/c1-17-6-10-30(11-7-17)22-15-21(29-8-2-3-9-29)26-23(27-22)28-24(33)25-16-18-4-5-19-20(14-18)32-13-12-31-19/h4-5,14-15,17H,2-3,6-13,16H2,1H3,(H2,25,26,27,28,33). The maximum Gasteiger partial charge on any atom is 0.232 e. The Morgan fingerprint density at radius 2 is 1.64 bits per heavy atom. The van der Waals surface area contributed by atoms with Crippen LogP contribution in [0.25, 0.3) is 0 Å². The minimum absolute atomic E-state index is 0.502. The van der Waals surface area contributed by atoms with Crippen molar-refractivity contribution in [1.29, 1.82) is 0 Å². The predicted molar refractivity (Wildman–Crippen MR) is 135 cm³/mol. The molecule has 0 saturated carbocycles. The molecule has 2 fully saturated rings. The molecule has 2 saturated heterocycles. The molecule has 0 atom stereocenters. The number of thiocarbonyl (C=S) groups is 1. The van der Waals surface area contributed by atoms with Gasteiger partial charge in [-0.1, -0.05) is 13.0 Å². The average molecular weight is 469 g/mol. The van der Waals surface area contributed by atoms with Crippen molar-refractivity contribution in [3.05, 3.63) is 29.8 Å². The van der Waals surface area contributed by atoms with Gasteiger partial charge in [-0.25, -0.2) is 0 Å². The number of aromatic nitrogens is 2. The lowest BCUT2D eigenvalue weighted by Crippen LogP contribution is -2.34. The number of piperidine rings is 1. The zero-order valence-electron chi connectivity index (χ0n) is 19.2. The van der Waals surface area contributed by atoms with Crippen LogP contribution in [0.2, 0.25) is 0 Å². The molecule has 0 spiro atoms. The summed E-state index contributed by atoms with van der Waals surface area (Å²) in [5.74, 6) is 4.85. The van der Waals surface area contributed by atoms with E-state index in [-0.39, 0.29) is 0 Å². The summed E-state index contributed by atoms with van der Waals surface area (Å²) in [4.78, 5) is 14.3. The second-order valence-electron chi connectivity index (χ2n) is 9.06. The van der Waals surface area contributed by atoms with Gasteiger partial charge in [0.2, 0.25) is 5.95 Å². The third kappa shape index (κ3) is 5.40. The Bertz CT molecular complexity index is 989. The summed E-state index contributed by atoms with van der Waals surface area (Å²) in [6.07, 6.45) is 4.81. The number of hydrogen-bond donors (Lipinski definition) is 2. The lowest BCUT2D eigenvalue weighted by Gasteiger charge is -2.32. The summed E-state index contributed by atoms with van der Waals surface area (Å²) in [7, 11) is 0. The zero-order valence-corrected chi connectivity index (χ0v) is 20.0. The monoisotopic (exact) mass is 468 g/mol. The van der Waals surface area contributed by atoms with Crippen LogP contribution >= 0.6 is 12.2 Å². The van der Waals surface area contributed by atoms with Crippen molar-refractivity contribution >= 4 is 34.9 Å². The Morgan fingerprint density at radius 1 is 0.970 bits per heavy atom. The highest BCUT2D eigenvalue weighted by atomic mass is 32.1. The van der Waals surface area contributed by atoms with Gasteiger partial charge in [0.15, 0.2) is 16.6 Å².